The molecule has 0 radical (unpaired) electrons. The van der Waals surface area contributed by atoms with Gasteiger partial charge in [-0.15, -0.1) is 0 Å². The normalized spacial score (nSPS) is 12.9. The molecule has 3 N–H and O–H groups in total. The zero-order valence-corrected chi connectivity index (χ0v) is 9.68. The van der Waals surface area contributed by atoms with Gasteiger partial charge in [0.05, 0.1) is 6.04 Å². The molecule has 0 saturated carbocycles. The van der Waals surface area contributed by atoms with Crippen molar-refractivity contribution >= 4 is 5.91 Å². The third kappa shape index (κ3) is 5.22. The molecule has 0 saturated heterocycles. The predicted octanol–water partition coefficient (Wildman–Crippen LogP) is 1.81. The van der Waals surface area contributed by atoms with E-state index in [1.165, 1.54) is 0 Å². The predicted molar refractivity (Wildman–Crippen MR) is 60.0 cm³/mol. The first kappa shape index (κ1) is 13.4. The Morgan fingerprint density at radius 2 is 1.86 bits per heavy atom. The molecule has 0 fully saturated rings. The molecule has 0 aromatic carbocycles. The lowest BCUT2D eigenvalue weighted by Crippen LogP contribution is -2.44. The molecule has 1 atom stereocenters. The van der Waals surface area contributed by atoms with E-state index in [-0.39, 0.29) is 18.0 Å². The van der Waals surface area contributed by atoms with Gasteiger partial charge >= 0.3 is 0 Å². The second kappa shape index (κ2) is 7.80. The summed E-state index contributed by atoms with van der Waals surface area (Å²) in [4.78, 5) is 11.5. The maximum Gasteiger partial charge on any atom is 0.237 e. The van der Waals surface area contributed by atoms with Crippen molar-refractivity contribution in [3.63, 3.8) is 0 Å². The zero-order chi connectivity index (χ0) is 11.0. The van der Waals surface area contributed by atoms with E-state index in [9.17, 15) is 4.79 Å². The van der Waals surface area contributed by atoms with E-state index in [4.69, 9.17) is 5.73 Å². The quantitative estimate of drug-likeness (QED) is 0.658. The maximum absolute atomic E-state index is 11.5. The summed E-state index contributed by atoms with van der Waals surface area (Å²) in [6.07, 6.45) is 4.86. The van der Waals surface area contributed by atoms with Gasteiger partial charge in [0, 0.05) is 6.04 Å². The Morgan fingerprint density at radius 1 is 1.29 bits per heavy atom. The number of hydrogen-bond donors (Lipinski definition) is 2. The fourth-order valence-corrected chi connectivity index (χ4v) is 1.36. The molecule has 0 rings (SSSR count). The molecule has 0 aromatic rings. The van der Waals surface area contributed by atoms with E-state index in [1.807, 2.05) is 0 Å². The first-order chi connectivity index (χ1) is 6.65. The molecule has 0 spiro atoms. The van der Waals surface area contributed by atoms with Crippen molar-refractivity contribution < 1.29 is 4.79 Å². The van der Waals surface area contributed by atoms with Crippen LogP contribution >= 0.6 is 0 Å². The summed E-state index contributed by atoms with van der Waals surface area (Å²) in [5.74, 6) is 0.00662. The van der Waals surface area contributed by atoms with Crippen molar-refractivity contribution in [2.45, 2.75) is 65.0 Å². The van der Waals surface area contributed by atoms with Crippen molar-refractivity contribution in [1.82, 2.24) is 5.32 Å². The van der Waals surface area contributed by atoms with E-state index in [0.717, 1.165) is 32.1 Å². The van der Waals surface area contributed by atoms with Gasteiger partial charge in [-0.3, -0.25) is 4.79 Å². The van der Waals surface area contributed by atoms with Crippen LogP contribution in [0.3, 0.4) is 0 Å². The van der Waals surface area contributed by atoms with Gasteiger partial charge < -0.3 is 11.1 Å². The molecule has 0 aliphatic heterocycles. The molecule has 0 aliphatic carbocycles. The molecule has 14 heavy (non-hydrogen) atoms. The van der Waals surface area contributed by atoms with Crippen molar-refractivity contribution in [3.05, 3.63) is 0 Å². The van der Waals surface area contributed by atoms with Crippen LogP contribution in [0, 0.1) is 0 Å². The molecule has 84 valence electrons. The van der Waals surface area contributed by atoms with Crippen LogP contribution in [0.15, 0.2) is 0 Å². The van der Waals surface area contributed by atoms with Crippen LogP contribution in [0.4, 0.5) is 0 Å². The number of hydrogen-bond acceptors (Lipinski definition) is 2. The number of carbonyl (C=O) groups excluding carboxylic acids is 1. The van der Waals surface area contributed by atoms with Crippen LogP contribution in [0.1, 0.15) is 52.9 Å². The zero-order valence-electron chi connectivity index (χ0n) is 9.68. The lowest BCUT2D eigenvalue weighted by Gasteiger charge is -2.18. The van der Waals surface area contributed by atoms with Gasteiger partial charge in [0.2, 0.25) is 5.91 Å². The van der Waals surface area contributed by atoms with E-state index in [1.54, 1.807) is 0 Å². The summed E-state index contributed by atoms with van der Waals surface area (Å²) < 4.78 is 0. The van der Waals surface area contributed by atoms with Gasteiger partial charge in [-0.05, 0) is 19.3 Å². The average Bonchev–Trinajstić information content (AvgIpc) is 2.21. The fourth-order valence-electron chi connectivity index (χ4n) is 1.36. The summed E-state index contributed by atoms with van der Waals surface area (Å²) in [6, 6.07) is -0.0364. The molecular weight excluding hydrogens is 176 g/mol. The number of nitrogens with one attached hydrogen (secondary N) is 1. The Hall–Kier alpha value is -0.570. The number of nitrogens with two attached hydrogens (primary N) is 1. The smallest absolute Gasteiger partial charge is 0.237 e. The van der Waals surface area contributed by atoms with E-state index >= 15 is 0 Å². The highest BCUT2D eigenvalue weighted by Crippen LogP contribution is 2.01. The standard InChI is InChI=1S/C11H24N2O/c1-4-7-8-10(12)11(14)13-9(5-2)6-3/h9-10H,4-8,12H2,1-3H3,(H,13,14). The van der Waals surface area contributed by atoms with Crippen LogP contribution in [0.2, 0.25) is 0 Å². The SMILES string of the molecule is CCCCC(N)C(=O)NC(CC)CC. The highest BCUT2D eigenvalue weighted by atomic mass is 16.2. The Kier molecular flexibility index (Phi) is 7.48. The number of unbranched alkanes of at least 4 members (excludes halogenated alkanes) is 1. The molecule has 0 aliphatic rings. The van der Waals surface area contributed by atoms with Crippen molar-refractivity contribution in [3.8, 4) is 0 Å². The summed E-state index contributed by atoms with van der Waals surface area (Å²) in [7, 11) is 0. The number of rotatable bonds is 7. The molecule has 3 nitrogen and oxygen atoms in total. The molecule has 1 amide bonds. The lowest BCUT2D eigenvalue weighted by molar-refractivity contribution is -0.123. The third-order valence-corrected chi connectivity index (χ3v) is 2.54. The Morgan fingerprint density at radius 3 is 2.29 bits per heavy atom. The summed E-state index contributed by atoms with van der Waals surface area (Å²) in [5, 5.41) is 2.96. The first-order valence-electron chi connectivity index (χ1n) is 5.71. The van der Waals surface area contributed by atoms with Gasteiger partial charge in [-0.25, -0.2) is 0 Å². The Balaban J connectivity index is 3.81. The van der Waals surface area contributed by atoms with Gasteiger partial charge in [0.1, 0.15) is 0 Å². The number of amides is 1. The second-order valence-electron chi connectivity index (χ2n) is 3.77. The van der Waals surface area contributed by atoms with Gasteiger partial charge in [0.15, 0.2) is 0 Å². The Labute approximate surface area is 87.4 Å². The second-order valence-corrected chi connectivity index (χ2v) is 3.77. The van der Waals surface area contributed by atoms with Crippen molar-refractivity contribution in [1.29, 1.82) is 0 Å². The van der Waals surface area contributed by atoms with Crippen molar-refractivity contribution in [2.75, 3.05) is 0 Å². The van der Waals surface area contributed by atoms with Crippen LogP contribution in [0.25, 0.3) is 0 Å². The molecule has 0 bridgehead atoms. The summed E-state index contributed by atoms with van der Waals surface area (Å²) in [5.41, 5.74) is 5.75. The minimum absolute atomic E-state index is 0.00662. The molecule has 3 heteroatoms. The van der Waals surface area contributed by atoms with Gasteiger partial charge in [0.25, 0.3) is 0 Å². The maximum atomic E-state index is 11.5. The largest absolute Gasteiger partial charge is 0.352 e. The summed E-state index contributed by atoms with van der Waals surface area (Å²) in [6.45, 7) is 6.25. The molecule has 0 aromatic heterocycles. The lowest BCUT2D eigenvalue weighted by atomic mass is 10.1. The average molecular weight is 200 g/mol. The van der Waals surface area contributed by atoms with E-state index in [0.29, 0.717) is 0 Å². The van der Waals surface area contributed by atoms with Crippen LogP contribution in [-0.4, -0.2) is 18.0 Å². The topological polar surface area (TPSA) is 55.1 Å². The Bertz CT molecular complexity index is 155. The van der Waals surface area contributed by atoms with Crippen LogP contribution < -0.4 is 11.1 Å². The third-order valence-electron chi connectivity index (χ3n) is 2.54. The number of carbonyl (C=O) groups is 1. The minimum atomic E-state index is -0.324. The minimum Gasteiger partial charge on any atom is -0.352 e. The van der Waals surface area contributed by atoms with E-state index in [2.05, 4.69) is 26.1 Å². The van der Waals surface area contributed by atoms with Gasteiger partial charge in [-0.1, -0.05) is 33.6 Å². The molecular formula is C11H24N2O. The van der Waals surface area contributed by atoms with Crippen molar-refractivity contribution in [2.24, 2.45) is 5.73 Å². The summed E-state index contributed by atoms with van der Waals surface area (Å²) >= 11 is 0. The highest BCUT2D eigenvalue weighted by Gasteiger charge is 2.15. The van der Waals surface area contributed by atoms with E-state index < -0.39 is 0 Å². The molecule has 1 unspecified atom stereocenters. The highest BCUT2D eigenvalue weighted by molar-refractivity contribution is 5.81. The molecule has 0 heterocycles. The van der Waals surface area contributed by atoms with Crippen LogP contribution in [-0.2, 0) is 4.79 Å². The first-order valence-corrected chi connectivity index (χ1v) is 5.71. The van der Waals surface area contributed by atoms with Gasteiger partial charge in [-0.2, -0.15) is 0 Å². The monoisotopic (exact) mass is 200 g/mol. The fraction of sp³-hybridized carbons (Fsp3) is 0.909. The van der Waals surface area contributed by atoms with Crippen LogP contribution in [0.5, 0.6) is 0 Å².